The molecule has 0 radical (unpaired) electrons. The number of benzene rings is 2. The lowest BCUT2D eigenvalue weighted by Crippen LogP contribution is -2.39. The zero-order chi connectivity index (χ0) is 24.4. The third-order valence-corrected chi connectivity index (χ3v) is 7.38. The Kier molecular flexibility index (Phi) is 7.09. The van der Waals surface area contributed by atoms with Gasteiger partial charge in [0.2, 0.25) is 0 Å². The third kappa shape index (κ3) is 4.60. The van der Waals surface area contributed by atoms with Gasteiger partial charge >= 0.3 is 5.97 Å². The van der Waals surface area contributed by atoms with E-state index in [1.54, 1.807) is 30.2 Å². The normalized spacial score (nSPS) is 15.7. The van der Waals surface area contributed by atoms with E-state index in [4.69, 9.17) is 4.74 Å². The number of thioether (sulfide) groups is 1. The highest BCUT2D eigenvalue weighted by Gasteiger charge is 2.33. The maximum Gasteiger partial charge on any atom is 0.338 e. The van der Waals surface area contributed by atoms with Crippen LogP contribution < -0.4 is 19.8 Å². The van der Waals surface area contributed by atoms with Crippen LogP contribution in [0.1, 0.15) is 31.0 Å². The molecule has 0 aliphatic carbocycles. The van der Waals surface area contributed by atoms with Crippen LogP contribution in [0.15, 0.2) is 74.5 Å². The number of anilines is 1. The van der Waals surface area contributed by atoms with Crippen LogP contribution in [0.4, 0.5) is 5.69 Å². The first kappa shape index (κ1) is 24.0. The van der Waals surface area contributed by atoms with Crippen molar-refractivity contribution in [2.24, 2.45) is 4.99 Å². The number of rotatable bonds is 6. The minimum absolute atomic E-state index is 0.173. The topological polar surface area (TPSA) is 63.9 Å². The minimum atomic E-state index is -0.593. The summed E-state index contributed by atoms with van der Waals surface area (Å²) in [5, 5.41) is 0. The summed E-state index contributed by atoms with van der Waals surface area (Å²) in [6.45, 7) is 3.82. The van der Waals surface area contributed by atoms with Crippen LogP contribution in [-0.2, 0) is 9.53 Å². The van der Waals surface area contributed by atoms with Crippen molar-refractivity contribution in [3.63, 3.8) is 0 Å². The van der Waals surface area contributed by atoms with Crippen LogP contribution in [-0.4, -0.2) is 37.5 Å². The van der Waals surface area contributed by atoms with Crippen LogP contribution in [0.2, 0.25) is 0 Å². The summed E-state index contributed by atoms with van der Waals surface area (Å²) in [6, 6.07) is 15.3. The fourth-order valence-corrected chi connectivity index (χ4v) is 5.37. The molecule has 0 saturated carbocycles. The lowest BCUT2D eigenvalue weighted by atomic mass is 9.96. The molecule has 2 heterocycles. The molecule has 6 nitrogen and oxygen atoms in total. The Balaban J connectivity index is 1.89. The molecule has 4 rings (SSSR count). The summed E-state index contributed by atoms with van der Waals surface area (Å²) in [7, 11) is 3.98. The quantitative estimate of drug-likeness (QED) is 0.388. The molecule has 1 aliphatic heterocycles. The fraction of sp³-hybridized carbons (Fsp3) is 0.269. The van der Waals surface area contributed by atoms with E-state index in [1.165, 1.54) is 11.3 Å². The van der Waals surface area contributed by atoms with Gasteiger partial charge in [0.1, 0.15) is 0 Å². The summed E-state index contributed by atoms with van der Waals surface area (Å²) in [4.78, 5) is 34.9. The molecule has 0 N–H and O–H groups in total. The molecular formula is C26H27N3O3S2. The number of hydrogen-bond acceptors (Lipinski definition) is 7. The number of aromatic nitrogens is 1. The van der Waals surface area contributed by atoms with Gasteiger partial charge in [0.05, 0.1) is 28.5 Å². The summed E-state index contributed by atoms with van der Waals surface area (Å²) in [5.74, 6) is -0.448. The van der Waals surface area contributed by atoms with Crippen molar-refractivity contribution in [2.45, 2.75) is 24.8 Å². The Hall–Kier alpha value is -3.10. The molecule has 0 spiro atoms. The Morgan fingerprint density at radius 3 is 2.44 bits per heavy atom. The lowest BCUT2D eigenvalue weighted by molar-refractivity contribution is -0.139. The second-order valence-electron chi connectivity index (χ2n) is 8.06. The number of ether oxygens (including phenoxy) is 1. The summed E-state index contributed by atoms with van der Waals surface area (Å²) >= 11 is 2.97. The van der Waals surface area contributed by atoms with E-state index in [9.17, 15) is 9.59 Å². The second-order valence-corrected chi connectivity index (χ2v) is 9.95. The van der Waals surface area contributed by atoms with Gasteiger partial charge in [-0.15, -0.1) is 11.8 Å². The highest BCUT2D eigenvalue weighted by atomic mass is 32.2. The van der Waals surface area contributed by atoms with Gasteiger partial charge in [0.15, 0.2) is 4.80 Å². The predicted octanol–water partition coefficient (Wildman–Crippen LogP) is 3.59. The van der Waals surface area contributed by atoms with Gasteiger partial charge in [0.25, 0.3) is 5.56 Å². The predicted molar refractivity (Wildman–Crippen MR) is 139 cm³/mol. The van der Waals surface area contributed by atoms with Crippen molar-refractivity contribution >= 4 is 40.8 Å². The van der Waals surface area contributed by atoms with Crippen LogP contribution in [0.25, 0.3) is 6.08 Å². The molecule has 0 unspecified atom stereocenters. The maximum atomic E-state index is 13.6. The first-order chi connectivity index (χ1) is 16.3. The Labute approximate surface area is 206 Å². The lowest BCUT2D eigenvalue weighted by Gasteiger charge is -2.24. The molecule has 0 bridgehead atoms. The molecule has 0 amide bonds. The van der Waals surface area contributed by atoms with Gasteiger partial charge in [0, 0.05) is 24.7 Å². The standard InChI is InChI=1S/C26H27N3O3S2/c1-6-32-25(31)22-16(2)27-26-29(23(22)18-9-13-20(33-5)14-10-18)24(30)21(34-26)15-17-7-11-19(12-8-17)28(3)4/h7-15,23H,6H2,1-5H3/t23-/m1/s1. The molecule has 8 heteroatoms. The van der Waals surface area contributed by atoms with E-state index in [-0.39, 0.29) is 12.2 Å². The van der Waals surface area contributed by atoms with Crippen molar-refractivity contribution in [3.8, 4) is 0 Å². The summed E-state index contributed by atoms with van der Waals surface area (Å²) in [5.41, 5.74) is 3.65. The smallest absolute Gasteiger partial charge is 0.338 e. The van der Waals surface area contributed by atoms with Crippen molar-refractivity contribution in [1.82, 2.24) is 4.57 Å². The average Bonchev–Trinajstić information content (AvgIpc) is 3.13. The Morgan fingerprint density at radius 1 is 1.18 bits per heavy atom. The molecule has 0 saturated heterocycles. The van der Waals surface area contributed by atoms with Crippen molar-refractivity contribution in [1.29, 1.82) is 0 Å². The van der Waals surface area contributed by atoms with Gasteiger partial charge in [-0.3, -0.25) is 9.36 Å². The van der Waals surface area contributed by atoms with E-state index in [0.717, 1.165) is 21.7 Å². The molecule has 1 atom stereocenters. The monoisotopic (exact) mass is 493 g/mol. The number of allylic oxidation sites excluding steroid dienone is 1. The number of esters is 1. The fourth-order valence-electron chi connectivity index (χ4n) is 3.91. The molecule has 1 aromatic heterocycles. The van der Waals surface area contributed by atoms with Crippen molar-refractivity contribution in [3.05, 3.63) is 90.6 Å². The van der Waals surface area contributed by atoms with Crippen molar-refractivity contribution in [2.75, 3.05) is 31.9 Å². The van der Waals surface area contributed by atoms with Gasteiger partial charge in [-0.2, -0.15) is 0 Å². The van der Waals surface area contributed by atoms with Crippen LogP contribution in [0.3, 0.4) is 0 Å². The Bertz CT molecular complexity index is 1420. The van der Waals surface area contributed by atoms with Crippen LogP contribution >= 0.6 is 23.1 Å². The van der Waals surface area contributed by atoms with Gasteiger partial charge in [-0.25, -0.2) is 9.79 Å². The van der Waals surface area contributed by atoms with E-state index < -0.39 is 12.0 Å². The molecule has 1 aliphatic rings. The zero-order valence-electron chi connectivity index (χ0n) is 19.9. The maximum absolute atomic E-state index is 13.6. The SMILES string of the molecule is CCOC(=O)C1=C(C)N=c2sc(=Cc3ccc(N(C)C)cc3)c(=O)n2[C@@H]1c1ccc(SC)cc1. The van der Waals surface area contributed by atoms with E-state index >= 15 is 0 Å². The first-order valence-corrected chi connectivity index (χ1v) is 13.0. The molecule has 3 aromatic rings. The Morgan fingerprint density at radius 2 is 1.85 bits per heavy atom. The van der Waals surface area contributed by atoms with Gasteiger partial charge in [-0.1, -0.05) is 35.6 Å². The summed E-state index contributed by atoms with van der Waals surface area (Å²) in [6.07, 6.45) is 3.89. The second kappa shape index (κ2) is 10.0. The van der Waals surface area contributed by atoms with Crippen LogP contribution in [0, 0.1) is 0 Å². The zero-order valence-corrected chi connectivity index (χ0v) is 21.5. The minimum Gasteiger partial charge on any atom is -0.463 e. The van der Waals surface area contributed by atoms with Crippen molar-refractivity contribution < 1.29 is 9.53 Å². The summed E-state index contributed by atoms with van der Waals surface area (Å²) < 4.78 is 7.54. The molecule has 176 valence electrons. The number of thiazole rings is 1. The number of nitrogens with zero attached hydrogens (tertiary/aromatic N) is 3. The highest BCUT2D eigenvalue weighted by Crippen LogP contribution is 2.31. The first-order valence-electron chi connectivity index (χ1n) is 10.9. The number of hydrogen-bond donors (Lipinski definition) is 0. The highest BCUT2D eigenvalue weighted by molar-refractivity contribution is 7.98. The third-order valence-electron chi connectivity index (χ3n) is 5.66. The average molecular weight is 494 g/mol. The molecule has 34 heavy (non-hydrogen) atoms. The van der Waals surface area contributed by atoms with Gasteiger partial charge < -0.3 is 9.64 Å². The molecule has 2 aromatic carbocycles. The van der Waals surface area contributed by atoms with E-state index in [2.05, 4.69) is 4.99 Å². The van der Waals surface area contributed by atoms with Crippen LogP contribution in [0.5, 0.6) is 0 Å². The number of carbonyl (C=O) groups is 1. The number of fused-ring (bicyclic) bond motifs is 1. The number of carbonyl (C=O) groups excluding carboxylic acids is 1. The largest absolute Gasteiger partial charge is 0.463 e. The van der Waals surface area contributed by atoms with Gasteiger partial charge in [-0.05, 0) is 61.6 Å². The molecule has 0 fully saturated rings. The van der Waals surface area contributed by atoms with E-state index in [1.807, 2.05) is 79.9 Å². The molecular weight excluding hydrogens is 466 g/mol. The van der Waals surface area contributed by atoms with E-state index in [0.29, 0.717) is 20.6 Å².